The molecule has 0 saturated heterocycles. The van der Waals surface area contributed by atoms with Crippen molar-refractivity contribution in [3.63, 3.8) is 0 Å². The standard InChI is InChI=1S/C22H22FN3O7S/c1-12(2)19(25-34(31,32)17-7-5-4-6-16(17)23)22(30)33-11-18(27)24-13-8-9-14-15(10-13)21(29)26(3)20(14)28/h4-10,12,19,25H,11H2,1-3H3,(H,24,27). The lowest BCUT2D eigenvalue weighted by Gasteiger charge is -2.21. The number of rotatable bonds is 8. The Hall–Kier alpha value is -3.64. The molecule has 0 bridgehead atoms. The topological polar surface area (TPSA) is 139 Å². The summed E-state index contributed by atoms with van der Waals surface area (Å²) < 4.78 is 46.0. The van der Waals surface area contributed by atoms with Crippen molar-refractivity contribution >= 4 is 39.4 Å². The lowest BCUT2D eigenvalue weighted by atomic mass is 10.1. The Bertz CT molecular complexity index is 1280. The van der Waals surface area contributed by atoms with Gasteiger partial charge in [-0.2, -0.15) is 4.72 Å². The molecule has 1 unspecified atom stereocenters. The normalized spacial score (nSPS) is 14.2. The monoisotopic (exact) mass is 491 g/mol. The van der Waals surface area contributed by atoms with Gasteiger partial charge in [0.1, 0.15) is 16.8 Å². The number of nitrogens with one attached hydrogen (secondary N) is 2. The fourth-order valence-corrected chi connectivity index (χ4v) is 4.62. The fraction of sp³-hybridized carbons (Fsp3) is 0.273. The molecule has 12 heteroatoms. The Morgan fingerprint density at radius 2 is 1.71 bits per heavy atom. The lowest BCUT2D eigenvalue weighted by molar-refractivity contribution is -0.150. The molecule has 34 heavy (non-hydrogen) atoms. The minimum atomic E-state index is -4.38. The zero-order chi connectivity index (χ0) is 25.2. The molecule has 3 rings (SSSR count). The number of sulfonamides is 1. The number of hydrogen-bond donors (Lipinski definition) is 2. The van der Waals surface area contributed by atoms with Crippen LogP contribution in [0, 0.1) is 11.7 Å². The number of carbonyl (C=O) groups is 4. The summed E-state index contributed by atoms with van der Waals surface area (Å²) in [5.41, 5.74) is 0.542. The van der Waals surface area contributed by atoms with Crippen LogP contribution in [0.4, 0.5) is 10.1 Å². The van der Waals surface area contributed by atoms with Crippen molar-refractivity contribution in [3.05, 3.63) is 59.4 Å². The van der Waals surface area contributed by atoms with Crippen molar-refractivity contribution in [2.24, 2.45) is 5.92 Å². The quantitative estimate of drug-likeness (QED) is 0.422. The first-order valence-electron chi connectivity index (χ1n) is 10.1. The van der Waals surface area contributed by atoms with E-state index >= 15 is 0 Å². The molecule has 2 aromatic carbocycles. The molecular weight excluding hydrogens is 469 g/mol. The van der Waals surface area contributed by atoms with Crippen LogP contribution in [0.5, 0.6) is 0 Å². The summed E-state index contributed by atoms with van der Waals surface area (Å²) in [6.07, 6.45) is 0. The maximum atomic E-state index is 13.9. The van der Waals surface area contributed by atoms with Crippen LogP contribution in [0.2, 0.25) is 0 Å². The van der Waals surface area contributed by atoms with Crippen molar-refractivity contribution in [1.29, 1.82) is 0 Å². The van der Waals surface area contributed by atoms with Crippen LogP contribution in [0.25, 0.3) is 0 Å². The van der Waals surface area contributed by atoms with E-state index in [9.17, 15) is 32.0 Å². The summed E-state index contributed by atoms with van der Waals surface area (Å²) in [6, 6.07) is 7.46. The van der Waals surface area contributed by atoms with E-state index in [0.29, 0.717) is 0 Å². The first-order valence-corrected chi connectivity index (χ1v) is 11.6. The zero-order valence-corrected chi connectivity index (χ0v) is 19.3. The molecule has 10 nitrogen and oxygen atoms in total. The van der Waals surface area contributed by atoms with Gasteiger partial charge in [-0.25, -0.2) is 12.8 Å². The second-order valence-corrected chi connectivity index (χ2v) is 9.54. The van der Waals surface area contributed by atoms with E-state index in [1.54, 1.807) is 13.8 Å². The summed E-state index contributed by atoms with van der Waals surface area (Å²) in [5.74, 6) is -4.30. The van der Waals surface area contributed by atoms with E-state index in [1.807, 2.05) is 0 Å². The Morgan fingerprint density at radius 3 is 2.35 bits per heavy atom. The van der Waals surface area contributed by atoms with Crippen molar-refractivity contribution < 1.29 is 36.7 Å². The molecule has 0 radical (unpaired) electrons. The molecule has 2 N–H and O–H groups in total. The first-order chi connectivity index (χ1) is 15.9. The van der Waals surface area contributed by atoms with Crippen LogP contribution in [0.3, 0.4) is 0 Å². The molecule has 1 atom stereocenters. The average molecular weight is 491 g/mol. The highest BCUT2D eigenvalue weighted by molar-refractivity contribution is 7.89. The largest absolute Gasteiger partial charge is 0.454 e. The third-order valence-electron chi connectivity index (χ3n) is 5.05. The van der Waals surface area contributed by atoms with Gasteiger partial charge < -0.3 is 10.1 Å². The maximum absolute atomic E-state index is 13.9. The van der Waals surface area contributed by atoms with Gasteiger partial charge in [0.25, 0.3) is 17.7 Å². The summed E-state index contributed by atoms with van der Waals surface area (Å²) in [6.45, 7) is 2.36. The van der Waals surface area contributed by atoms with Gasteiger partial charge in [-0.1, -0.05) is 26.0 Å². The van der Waals surface area contributed by atoms with Crippen LogP contribution in [-0.4, -0.2) is 56.7 Å². The summed E-state index contributed by atoms with van der Waals surface area (Å²) in [5, 5.41) is 2.44. The number of carbonyl (C=O) groups excluding carboxylic acids is 4. The molecule has 3 amide bonds. The highest BCUT2D eigenvalue weighted by Crippen LogP contribution is 2.24. The Kier molecular flexibility index (Phi) is 7.12. The van der Waals surface area contributed by atoms with E-state index in [4.69, 9.17) is 4.74 Å². The number of fused-ring (bicyclic) bond motifs is 1. The minimum absolute atomic E-state index is 0.129. The van der Waals surface area contributed by atoms with Crippen LogP contribution < -0.4 is 10.0 Å². The predicted molar refractivity (Wildman–Crippen MR) is 118 cm³/mol. The first kappa shape index (κ1) is 25.0. The third kappa shape index (κ3) is 5.13. The molecule has 2 aromatic rings. The summed E-state index contributed by atoms with van der Waals surface area (Å²) >= 11 is 0. The molecular formula is C22H22FN3O7S. The van der Waals surface area contributed by atoms with Crippen LogP contribution in [0.1, 0.15) is 34.6 Å². The minimum Gasteiger partial charge on any atom is -0.454 e. The highest BCUT2D eigenvalue weighted by Gasteiger charge is 2.33. The molecule has 0 fully saturated rings. The number of benzene rings is 2. The molecule has 1 heterocycles. The third-order valence-corrected chi connectivity index (χ3v) is 6.52. The molecule has 180 valence electrons. The number of ether oxygens (including phenoxy) is 1. The van der Waals surface area contributed by atoms with Gasteiger partial charge in [-0.15, -0.1) is 0 Å². The SMILES string of the molecule is CC(C)C(NS(=O)(=O)c1ccccc1F)C(=O)OCC(=O)Nc1ccc2c(c1)C(=O)N(C)C2=O. The van der Waals surface area contributed by atoms with Crippen molar-refractivity contribution in [3.8, 4) is 0 Å². The molecule has 1 aliphatic rings. The predicted octanol–water partition coefficient (Wildman–Crippen LogP) is 1.54. The van der Waals surface area contributed by atoms with Gasteiger partial charge in [-0.3, -0.25) is 24.1 Å². The molecule has 0 aliphatic carbocycles. The second kappa shape index (κ2) is 9.69. The number of imide groups is 1. The molecule has 1 aliphatic heterocycles. The summed E-state index contributed by atoms with van der Waals surface area (Å²) in [4.78, 5) is 49.1. The van der Waals surface area contributed by atoms with Gasteiger partial charge in [-0.05, 0) is 36.2 Å². The number of anilines is 1. The van der Waals surface area contributed by atoms with Gasteiger partial charge >= 0.3 is 5.97 Å². The van der Waals surface area contributed by atoms with E-state index in [1.165, 1.54) is 37.4 Å². The van der Waals surface area contributed by atoms with Crippen molar-refractivity contribution in [2.75, 3.05) is 19.0 Å². The van der Waals surface area contributed by atoms with E-state index in [0.717, 1.165) is 17.0 Å². The number of halogens is 1. The molecule has 0 spiro atoms. The summed E-state index contributed by atoms with van der Waals surface area (Å²) in [7, 11) is -3.04. The smallest absolute Gasteiger partial charge is 0.324 e. The van der Waals surface area contributed by atoms with E-state index in [-0.39, 0.29) is 16.8 Å². The van der Waals surface area contributed by atoms with Crippen molar-refractivity contribution in [2.45, 2.75) is 24.8 Å². The number of nitrogens with zero attached hydrogens (tertiary/aromatic N) is 1. The van der Waals surface area contributed by atoms with Gasteiger partial charge in [0.2, 0.25) is 10.0 Å². The second-order valence-electron chi connectivity index (χ2n) is 7.86. The van der Waals surface area contributed by atoms with Gasteiger partial charge in [0.15, 0.2) is 6.61 Å². The Morgan fingerprint density at radius 1 is 1.06 bits per heavy atom. The van der Waals surface area contributed by atoms with Crippen LogP contribution in [-0.2, 0) is 24.3 Å². The number of esters is 1. The average Bonchev–Trinajstić information content (AvgIpc) is 2.99. The van der Waals surface area contributed by atoms with Gasteiger partial charge in [0.05, 0.1) is 11.1 Å². The Balaban J connectivity index is 1.63. The lowest BCUT2D eigenvalue weighted by Crippen LogP contribution is -2.46. The van der Waals surface area contributed by atoms with Crippen LogP contribution >= 0.6 is 0 Å². The van der Waals surface area contributed by atoms with E-state index in [2.05, 4.69) is 10.0 Å². The highest BCUT2D eigenvalue weighted by atomic mass is 32.2. The fourth-order valence-electron chi connectivity index (χ4n) is 3.21. The number of amides is 3. The molecule has 0 saturated carbocycles. The zero-order valence-electron chi connectivity index (χ0n) is 18.5. The van der Waals surface area contributed by atoms with E-state index < -0.39 is 63.0 Å². The van der Waals surface area contributed by atoms with Crippen molar-refractivity contribution in [1.82, 2.24) is 9.62 Å². The Labute approximate surface area is 195 Å². The maximum Gasteiger partial charge on any atom is 0.324 e. The van der Waals surface area contributed by atoms with Crippen LogP contribution in [0.15, 0.2) is 47.4 Å². The van der Waals surface area contributed by atoms with Gasteiger partial charge in [0, 0.05) is 12.7 Å². The molecule has 0 aromatic heterocycles. The number of hydrogen-bond acceptors (Lipinski definition) is 7.